The monoisotopic (exact) mass is 114 g/mol. The number of nitrogens with zero attached hydrogens (tertiary/aromatic N) is 1. The summed E-state index contributed by atoms with van der Waals surface area (Å²) in [6.07, 6.45) is 0.315. The smallest absolute Gasteiger partial charge is 0.425 e. The van der Waals surface area contributed by atoms with Gasteiger partial charge >= 0.3 is 6.09 Å². The molecule has 0 unspecified atom stereocenters. The molecule has 0 aromatic carbocycles. The summed E-state index contributed by atoms with van der Waals surface area (Å²) in [4.78, 5) is 9.62. The molecule has 0 aromatic rings. The zero-order valence-corrected chi connectivity index (χ0v) is 4.38. The van der Waals surface area contributed by atoms with Crippen molar-refractivity contribution in [1.29, 1.82) is 0 Å². The average Bonchev–Trinajstić information content (AvgIpc) is 1.66. The Labute approximate surface area is 46.5 Å². The zero-order chi connectivity index (χ0) is 6.41. The molecule has 0 fully saturated rings. The van der Waals surface area contributed by atoms with Crippen LogP contribution in [0.3, 0.4) is 0 Å². The third kappa shape index (κ3) is 4.72. The molecule has 2 N–H and O–H groups in total. The van der Waals surface area contributed by atoms with Crippen LogP contribution in [0.1, 0.15) is 6.92 Å². The number of nitrogens with one attached hydrogen (secondary N) is 1. The number of carbonyl (C=O) groups is 1. The van der Waals surface area contributed by atoms with Gasteiger partial charge in [0.1, 0.15) is 0 Å². The molecule has 0 rings (SSSR count). The van der Waals surface area contributed by atoms with Crippen LogP contribution < -0.4 is 5.43 Å². The molecular weight excluding hydrogens is 108 g/mol. The minimum atomic E-state index is -1.18. The summed E-state index contributed by atoms with van der Waals surface area (Å²) in [5, 5.41) is 11.0. The van der Waals surface area contributed by atoms with Crippen molar-refractivity contribution >= 4 is 12.0 Å². The van der Waals surface area contributed by atoms with Gasteiger partial charge in [0.15, 0.2) is 0 Å². The van der Waals surface area contributed by atoms with Gasteiger partial charge in [-0.2, -0.15) is 0 Å². The van der Waals surface area contributed by atoms with E-state index >= 15 is 0 Å². The fourth-order valence-electron chi connectivity index (χ4n) is 0.145. The van der Waals surface area contributed by atoms with Crippen molar-refractivity contribution < 1.29 is 9.90 Å². The summed E-state index contributed by atoms with van der Waals surface area (Å²) in [7, 11) is 0. The van der Waals surface area contributed by atoms with Gasteiger partial charge in [-0.1, -0.05) is 0 Å². The van der Waals surface area contributed by atoms with Crippen LogP contribution in [0.15, 0.2) is 11.2 Å². The fourth-order valence-corrected chi connectivity index (χ4v) is 0.145. The molecule has 0 heterocycles. The number of amides is 1. The van der Waals surface area contributed by atoms with Crippen LogP contribution in [0.4, 0.5) is 4.79 Å². The highest BCUT2D eigenvalue weighted by atomic mass is 16.4. The molecule has 0 spiro atoms. The van der Waals surface area contributed by atoms with Crippen LogP contribution in [-0.2, 0) is 0 Å². The van der Waals surface area contributed by atoms with Crippen LogP contribution in [0.25, 0.3) is 0 Å². The first-order valence-corrected chi connectivity index (χ1v) is 1.99. The molecular formula is C4H6N2O2. The number of rotatable bonds is 1. The van der Waals surface area contributed by atoms with Crippen molar-refractivity contribution in [2.24, 2.45) is 5.10 Å². The van der Waals surface area contributed by atoms with E-state index in [1.54, 1.807) is 12.3 Å². The molecule has 0 bridgehead atoms. The third-order valence-electron chi connectivity index (χ3n) is 0.345. The minimum absolute atomic E-state index is 1.18. The van der Waals surface area contributed by atoms with Crippen LogP contribution in [0.5, 0.6) is 0 Å². The van der Waals surface area contributed by atoms with Crippen molar-refractivity contribution in [3.8, 4) is 0 Å². The molecule has 0 aromatic heterocycles. The SMILES string of the molecule is CC=C=NNC(=O)O. The fraction of sp³-hybridized carbons (Fsp3) is 0.250. The Bertz CT molecular complexity index is 135. The van der Waals surface area contributed by atoms with Gasteiger partial charge in [-0.25, -0.2) is 10.2 Å². The Kier molecular flexibility index (Phi) is 3.27. The van der Waals surface area contributed by atoms with E-state index in [2.05, 4.69) is 11.0 Å². The van der Waals surface area contributed by atoms with E-state index in [1.165, 1.54) is 6.08 Å². The quantitative estimate of drug-likeness (QED) is 0.383. The molecule has 0 aliphatic rings. The van der Waals surface area contributed by atoms with Gasteiger partial charge in [0.05, 0.1) is 0 Å². The Morgan fingerprint density at radius 3 is 3.00 bits per heavy atom. The van der Waals surface area contributed by atoms with Crippen LogP contribution in [-0.4, -0.2) is 17.1 Å². The van der Waals surface area contributed by atoms with Crippen LogP contribution in [0.2, 0.25) is 0 Å². The minimum Gasteiger partial charge on any atom is -0.464 e. The highest BCUT2D eigenvalue weighted by molar-refractivity contribution is 5.65. The van der Waals surface area contributed by atoms with E-state index in [1.807, 2.05) is 0 Å². The lowest BCUT2D eigenvalue weighted by Crippen LogP contribution is -2.12. The van der Waals surface area contributed by atoms with E-state index in [9.17, 15) is 4.79 Å². The van der Waals surface area contributed by atoms with E-state index in [-0.39, 0.29) is 0 Å². The van der Waals surface area contributed by atoms with Gasteiger partial charge in [0, 0.05) is 5.87 Å². The highest BCUT2D eigenvalue weighted by Crippen LogP contribution is 1.57. The molecule has 0 radical (unpaired) electrons. The van der Waals surface area contributed by atoms with Crippen molar-refractivity contribution in [1.82, 2.24) is 5.43 Å². The molecule has 1 amide bonds. The second kappa shape index (κ2) is 3.89. The molecule has 0 atom stereocenters. The summed E-state index contributed by atoms with van der Waals surface area (Å²) in [6, 6.07) is 0. The molecule has 0 saturated heterocycles. The number of hydrogen-bond donors (Lipinski definition) is 2. The number of hydrogen-bond acceptors (Lipinski definition) is 2. The van der Waals surface area contributed by atoms with Gasteiger partial charge < -0.3 is 5.11 Å². The first kappa shape index (κ1) is 6.72. The topological polar surface area (TPSA) is 61.7 Å². The summed E-state index contributed by atoms with van der Waals surface area (Å²) in [6.45, 7) is 1.69. The van der Waals surface area contributed by atoms with Crippen LogP contribution >= 0.6 is 0 Å². The third-order valence-corrected chi connectivity index (χ3v) is 0.345. The van der Waals surface area contributed by atoms with E-state index in [0.717, 1.165) is 0 Å². The summed E-state index contributed by atoms with van der Waals surface area (Å²) >= 11 is 0. The van der Waals surface area contributed by atoms with E-state index in [0.29, 0.717) is 0 Å². The Balaban J connectivity index is 3.45. The molecule has 44 valence electrons. The molecule has 8 heavy (non-hydrogen) atoms. The second-order valence-corrected chi connectivity index (χ2v) is 0.947. The van der Waals surface area contributed by atoms with Crippen molar-refractivity contribution in [2.75, 3.05) is 0 Å². The van der Waals surface area contributed by atoms with Crippen molar-refractivity contribution in [3.05, 3.63) is 6.08 Å². The van der Waals surface area contributed by atoms with Gasteiger partial charge in [-0.15, -0.1) is 5.10 Å². The van der Waals surface area contributed by atoms with E-state index < -0.39 is 6.09 Å². The maximum absolute atomic E-state index is 9.62. The van der Waals surface area contributed by atoms with Gasteiger partial charge in [0.2, 0.25) is 0 Å². The van der Waals surface area contributed by atoms with Gasteiger partial charge in [-0.05, 0) is 13.0 Å². The lowest BCUT2D eigenvalue weighted by molar-refractivity contribution is 0.195. The van der Waals surface area contributed by atoms with E-state index in [4.69, 9.17) is 5.11 Å². The van der Waals surface area contributed by atoms with Gasteiger partial charge in [-0.3, -0.25) is 0 Å². The molecule has 4 nitrogen and oxygen atoms in total. The molecule has 0 saturated carbocycles. The first-order chi connectivity index (χ1) is 3.77. The summed E-state index contributed by atoms with van der Waals surface area (Å²) in [5.41, 5.74) is 1.75. The molecule has 0 aliphatic carbocycles. The average molecular weight is 114 g/mol. The van der Waals surface area contributed by atoms with Crippen LogP contribution in [0, 0.1) is 0 Å². The molecule has 0 aliphatic heterocycles. The predicted octanol–water partition coefficient (Wildman–Crippen LogP) is 0.415. The lowest BCUT2D eigenvalue weighted by Gasteiger charge is -1.81. The summed E-state index contributed by atoms with van der Waals surface area (Å²) < 4.78 is 0. The largest absolute Gasteiger partial charge is 0.464 e. The van der Waals surface area contributed by atoms with Crippen molar-refractivity contribution in [2.45, 2.75) is 6.92 Å². The maximum atomic E-state index is 9.62. The highest BCUT2D eigenvalue weighted by Gasteiger charge is 1.82. The maximum Gasteiger partial charge on any atom is 0.425 e. The van der Waals surface area contributed by atoms with Crippen molar-refractivity contribution in [3.63, 3.8) is 0 Å². The summed E-state index contributed by atoms with van der Waals surface area (Å²) in [5.74, 6) is 2.29. The predicted molar refractivity (Wildman–Crippen MR) is 28.8 cm³/mol. The number of carboxylic acid groups (broad SMARTS) is 1. The normalized spacial score (nSPS) is 6.62. The first-order valence-electron chi connectivity index (χ1n) is 1.99. The Hall–Kier alpha value is -1.28. The standard InChI is InChI=1S/C4H6N2O2/c1-2-3-5-6-4(7)8/h2,6H,1H3,(H,7,8). The molecule has 4 heteroatoms. The number of allylic oxidation sites excluding steroid dienone is 1. The lowest BCUT2D eigenvalue weighted by atomic mass is 10.8. The Morgan fingerprint density at radius 1 is 2.00 bits per heavy atom. The zero-order valence-electron chi connectivity index (χ0n) is 4.38. The number of hydrazone groups is 1. The van der Waals surface area contributed by atoms with Gasteiger partial charge in [0.25, 0.3) is 0 Å². The Morgan fingerprint density at radius 2 is 2.62 bits per heavy atom. The second-order valence-electron chi connectivity index (χ2n) is 0.947.